The molecule has 0 saturated carbocycles. The quantitative estimate of drug-likeness (QED) is 0.912. The lowest BCUT2D eigenvalue weighted by Gasteiger charge is -2.29. The van der Waals surface area contributed by atoms with Crippen molar-refractivity contribution in [3.63, 3.8) is 0 Å². The third-order valence-corrected chi connectivity index (χ3v) is 4.60. The molecule has 0 radical (unpaired) electrons. The molecular formula is C19H24N2O. The van der Waals surface area contributed by atoms with Crippen LogP contribution >= 0.6 is 0 Å². The van der Waals surface area contributed by atoms with Gasteiger partial charge in [0.1, 0.15) is 6.23 Å². The number of nitrogens with two attached hydrogens (primary N) is 1. The summed E-state index contributed by atoms with van der Waals surface area (Å²) < 4.78 is 0. The number of hydrogen-bond donors (Lipinski definition) is 2. The van der Waals surface area contributed by atoms with E-state index in [0.29, 0.717) is 0 Å². The molecule has 3 rings (SSSR count). The number of benzene rings is 2. The van der Waals surface area contributed by atoms with Crippen molar-refractivity contribution in [1.82, 2.24) is 4.90 Å². The number of likely N-dealkylation sites (tertiary alicyclic amines) is 1. The number of nitrogens with zero attached hydrogens (tertiary/aromatic N) is 1. The fourth-order valence-electron chi connectivity index (χ4n) is 3.38. The molecule has 3 unspecified atom stereocenters. The Bertz CT molecular complexity index is 612. The van der Waals surface area contributed by atoms with Crippen LogP contribution in [-0.2, 0) is 6.42 Å². The van der Waals surface area contributed by atoms with Crippen LogP contribution in [0.4, 0.5) is 0 Å². The molecule has 0 aromatic heterocycles. The van der Waals surface area contributed by atoms with Crippen LogP contribution < -0.4 is 5.73 Å². The van der Waals surface area contributed by atoms with E-state index < -0.39 is 6.23 Å². The minimum absolute atomic E-state index is 0.134. The second-order valence-corrected chi connectivity index (χ2v) is 6.16. The molecule has 0 spiro atoms. The van der Waals surface area contributed by atoms with Crippen molar-refractivity contribution in [3.05, 3.63) is 60.2 Å². The molecule has 3 heteroatoms. The summed E-state index contributed by atoms with van der Waals surface area (Å²) in [7, 11) is 0. The molecule has 0 bridgehead atoms. The molecule has 0 aliphatic carbocycles. The Morgan fingerprint density at radius 1 is 1.14 bits per heavy atom. The molecule has 3 N–H and O–H groups in total. The van der Waals surface area contributed by atoms with Crippen molar-refractivity contribution >= 4 is 0 Å². The van der Waals surface area contributed by atoms with E-state index in [1.807, 2.05) is 13.0 Å². The van der Waals surface area contributed by atoms with Gasteiger partial charge in [-0.1, -0.05) is 54.6 Å². The van der Waals surface area contributed by atoms with Gasteiger partial charge in [-0.15, -0.1) is 0 Å². The van der Waals surface area contributed by atoms with Gasteiger partial charge in [0, 0.05) is 18.6 Å². The fraction of sp³-hybridized carbons (Fsp3) is 0.368. The van der Waals surface area contributed by atoms with Gasteiger partial charge < -0.3 is 10.8 Å². The van der Waals surface area contributed by atoms with Gasteiger partial charge in [0.05, 0.1) is 0 Å². The van der Waals surface area contributed by atoms with E-state index in [2.05, 4.69) is 53.4 Å². The molecule has 1 heterocycles. The van der Waals surface area contributed by atoms with Crippen molar-refractivity contribution in [2.24, 2.45) is 5.73 Å². The first-order valence-electron chi connectivity index (χ1n) is 7.99. The van der Waals surface area contributed by atoms with Crippen molar-refractivity contribution in [3.8, 4) is 11.1 Å². The van der Waals surface area contributed by atoms with Gasteiger partial charge in [-0.2, -0.15) is 0 Å². The zero-order valence-corrected chi connectivity index (χ0v) is 13.0. The molecule has 116 valence electrons. The molecule has 2 aromatic rings. The third-order valence-electron chi connectivity index (χ3n) is 4.60. The van der Waals surface area contributed by atoms with Gasteiger partial charge >= 0.3 is 0 Å². The molecule has 3 nitrogen and oxygen atoms in total. The summed E-state index contributed by atoms with van der Waals surface area (Å²) in [6.07, 6.45) is 1.40. The van der Waals surface area contributed by atoms with E-state index in [-0.39, 0.29) is 12.1 Å². The Morgan fingerprint density at radius 2 is 1.86 bits per heavy atom. The van der Waals surface area contributed by atoms with Crippen LogP contribution in [0.3, 0.4) is 0 Å². The van der Waals surface area contributed by atoms with E-state index in [4.69, 9.17) is 5.73 Å². The van der Waals surface area contributed by atoms with Gasteiger partial charge in [-0.3, -0.25) is 4.90 Å². The lowest BCUT2D eigenvalue weighted by Crippen LogP contribution is -2.45. The topological polar surface area (TPSA) is 49.5 Å². The lowest BCUT2D eigenvalue weighted by atomic mass is 9.97. The summed E-state index contributed by atoms with van der Waals surface area (Å²) >= 11 is 0. The normalized spacial score (nSPS) is 23.6. The highest BCUT2D eigenvalue weighted by Gasteiger charge is 2.33. The van der Waals surface area contributed by atoms with Crippen LogP contribution in [-0.4, -0.2) is 34.9 Å². The lowest BCUT2D eigenvalue weighted by molar-refractivity contribution is 0.00798. The average Bonchev–Trinajstić information content (AvgIpc) is 2.90. The summed E-state index contributed by atoms with van der Waals surface area (Å²) in [5.74, 6) is 0. The summed E-state index contributed by atoms with van der Waals surface area (Å²) in [5, 5.41) is 9.92. The van der Waals surface area contributed by atoms with Crippen LogP contribution in [0.15, 0.2) is 54.6 Å². The van der Waals surface area contributed by atoms with Crippen molar-refractivity contribution < 1.29 is 5.11 Å². The summed E-state index contributed by atoms with van der Waals surface area (Å²) in [5.41, 5.74) is 9.98. The van der Waals surface area contributed by atoms with E-state index in [1.54, 1.807) is 0 Å². The highest BCUT2D eigenvalue weighted by molar-refractivity contribution is 5.63. The first-order chi connectivity index (χ1) is 10.6. The third kappa shape index (κ3) is 3.22. The SMILES string of the molecule is CC(O)N1CCC(N)C1Cc1cccc(-c2ccccc2)c1. The standard InChI is InChI=1S/C19H24N2O/c1-14(22)21-11-10-18(20)19(21)13-15-6-5-9-17(12-15)16-7-3-2-4-8-16/h2-9,12,14,18-19,22H,10-11,13,20H2,1H3. The molecule has 1 saturated heterocycles. The van der Waals surface area contributed by atoms with Crippen LogP contribution in [0.5, 0.6) is 0 Å². The Hall–Kier alpha value is -1.68. The Kier molecular flexibility index (Phi) is 4.57. The highest BCUT2D eigenvalue weighted by atomic mass is 16.3. The monoisotopic (exact) mass is 296 g/mol. The minimum Gasteiger partial charge on any atom is -0.379 e. The Morgan fingerprint density at radius 3 is 2.59 bits per heavy atom. The molecule has 1 aliphatic rings. The predicted molar refractivity (Wildman–Crippen MR) is 90.3 cm³/mol. The molecule has 0 amide bonds. The predicted octanol–water partition coefficient (Wildman–Crippen LogP) is 2.64. The van der Waals surface area contributed by atoms with Crippen LogP contribution in [0.25, 0.3) is 11.1 Å². The number of hydrogen-bond acceptors (Lipinski definition) is 3. The van der Waals surface area contributed by atoms with Gasteiger partial charge in [0.25, 0.3) is 0 Å². The summed E-state index contributed by atoms with van der Waals surface area (Å²) in [6, 6.07) is 19.4. The maximum Gasteiger partial charge on any atom is 0.104 e. The van der Waals surface area contributed by atoms with Crippen molar-refractivity contribution in [2.75, 3.05) is 6.54 Å². The molecule has 1 aliphatic heterocycles. The zero-order valence-electron chi connectivity index (χ0n) is 13.0. The maximum absolute atomic E-state index is 9.92. The fourth-order valence-corrected chi connectivity index (χ4v) is 3.38. The number of rotatable bonds is 4. The number of aliphatic hydroxyl groups is 1. The summed E-state index contributed by atoms with van der Waals surface area (Å²) in [6.45, 7) is 2.70. The molecule has 3 atom stereocenters. The second kappa shape index (κ2) is 6.61. The average molecular weight is 296 g/mol. The van der Waals surface area contributed by atoms with E-state index >= 15 is 0 Å². The van der Waals surface area contributed by atoms with E-state index in [0.717, 1.165) is 19.4 Å². The molecule has 2 aromatic carbocycles. The first kappa shape index (κ1) is 15.2. The zero-order chi connectivity index (χ0) is 15.5. The summed E-state index contributed by atoms with van der Waals surface area (Å²) in [4.78, 5) is 2.11. The maximum atomic E-state index is 9.92. The second-order valence-electron chi connectivity index (χ2n) is 6.16. The Labute approximate surface area is 132 Å². The van der Waals surface area contributed by atoms with Gasteiger partial charge in [0.15, 0.2) is 0 Å². The molecule has 1 fully saturated rings. The smallest absolute Gasteiger partial charge is 0.104 e. The van der Waals surface area contributed by atoms with Crippen molar-refractivity contribution in [2.45, 2.75) is 38.1 Å². The molecular weight excluding hydrogens is 272 g/mol. The van der Waals surface area contributed by atoms with Crippen LogP contribution in [0.1, 0.15) is 18.9 Å². The van der Waals surface area contributed by atoms with Gasteiger partial charge in [-0.25, -0.2) is 0 Å². The van der Waals surface area contributed by atoms with E-state index in [1.165, 1.54) is 16.7 Å². The largest absolute Gasteiger partial charge is 0.379 e. The molecule has 22 heavy (non-hydrogen) atoms. The minimum atomic E-state index is -0.434. The highest BCUT2D eigenvalue weighted by Crippen LogP contribution is 2.25. The van der Waals surface area contributed by atoms with Crippen LogP contribution in [0.2, 0.25) is 0 Å². The van der Waals surface area contributed by atoms with E-state index in [9.17, 15) is 5.11 Å². The van der Waals surface area contributed by atoms with Crippen molar-refractivity contribution in [1.29, 1.82) is 0 Å². The first-order valence-corrected chi connectivity index (χ1v) is 7.99. The van der Waals surface area contributed by atoms with Gasteiger partial charge in [0.2, 0.25) is 0 Å². The van der Waals surface area contributed by atoms with Gasteiger partial charge in [-0.05, 0) is 36.5 Å². The Balaban J connectivity index is 1.81. The number of aliphatic hydroxyl groups excluding tert-OH is 1. The van der Waals surface area contributed by atoms with Crippen LogP contribution in [0, 0.1) is 0 Å².